The summed E-state index contributed by atoms with van der Waals surface area (Å²) in [6.45, 7) is 1.98. The van der Waals surface area contributed by atoms with Crippen LogP contribution in [-0.2, 0) is 18.5 Å². The maximum Gasteiger partial charge on any atom is 0.343 e. The first-order chi connectivity index (χ1) is 13.9. The number of aryl methyl sites for hydroxylation is 1. The van der Waals surface area contributed by atoms with Crippen LogP contribution in [0.3, 0.4) is 0 Å². The van der Waals surface area contributed by atoms with Crippen molar-refractivity contribution in [1.82, 2.24) is 19.6 Å². The second-order valence-corrected chi connectivity index (χ2v) is 7.12. The molecule has 0 unspecified atom stereocenters. The summed E-state index contributed by atoms with van der Waals surface area (Å²) in [7, 11) is 1.60. The predicted octanol–water partition coefficient (Wildman–Crippen LogP) is 3.50. The zero-order valence-electron chi connectivity index (χ0n) is 15.6. The molecule has 29 heavy (non-hydrogen) atoms. The van der Waals surface area contributed by atoms with Gasteiger partial charge in [0.1, 0.15) is 17.1 Å². The number of benzene rings is 1. The van der Waals surface area contributed by atoms with Gasteiger partial charge in [0.25, 0.3) is 5.91 Å². The summed E-state index contributed by atoms with van der Waals surface area (Å²) >= 11 is 9.44. The Morgan fingerprint density at radius 3 is 2.83 bits per heavy atom. The number of hydrogen-bond acceptors (Lipinski definition) is 6. The fraction of sp³-hybridized carbons (Fsp3) is 0.222. The minimum atomic E-state index is -0.568. The van der Waals surface area contributed by atoms with Crippen molar-refractivity contribution in [2.45, 2.75) is 13.7 Å². The van der Waals surface area contributed by atoms with Crippen LogP contribution in [0.1, 0.15) is 27.8 Å². The van der Waals surface area contributed by atoms with E-state index in [1.807, 2.05) is 0 Å². The smallest absolute Gasteiger partial charge is 0.343 e. The van der Waals surface area contributed by atoms with Crippen molar-refractivity contribution >= 4 is 45.2 Å². The maximum atomic E-state index is 12.5. The number of anilines is 1. The zero-order chi connectivity index (χ0) is 21.0. The van der Waals surface area contributed by atoms with Gasteiger partial charge in [0.15, 0.2) is 12.4 Å². The van der Waals surface area contributed by atoms with Crippen molar-refractivity contribution in [3.05, 3.63) is 57.4 Å². The van der Waals surface area contributed by atoms with E-state index in [4.69, 9.17) is 21.1 Å². The molecule has 2 heterocycles. The van der Waals surface area contributed by atoms with Crippen LogP contribution in [-0.4, -0.2) is 38.0 Å². The van der Waals surface area contributed by atoms with Crippen molar-refractivity contribution < 1.29 is 19.1 Å². The number of amides is 1. The van der Waals surface area contributed by atoms with Crippen LogP contribution in [0.25, 0.3) is 0 Å². The molecule has 0 spiro atoms. The molecule has 0 aliphatic carbocycles. The van der Waals surface area contributed by atoms with Gasteiger partial charge in [0.05, 0.1) is 17.8 Å². The van der Waals surface area contributed by atoms with E-state index in [2.05, 4.69) is 31.4 Å². The minimum absolute atomic E-state index is 0.0639. The van der Waals surface area contributed by atoms with E-state index in [9.17, 15) is 9.59 Å². The second-order valence-electron chi connectivity index (χ2n) is 5.79. The molecule has 0 aliphatic heterocycles. The molecular weight excluding hydrogens is 466 g/mol. The lowest BCUT2D eigenvalue weighted by Crippen LogP contribution is -2.18. The Kier molecular flexibility index (Phi) is 6.55. The molecule has 0 bridgehead atoms. The number of nitrogens with one attached hydrogen (secondary N) is 1. The normalized spacial score (nSPS) is 10.6. The molecule has 0 saturated heterocycles. The molecule has 9 nitrogen and oxygen atoms in total. The number of ether oxygens (including phenoxy) is 2. The summed E-state index contributed by atoms with van der Waals surface area (Å²) in [5, 5.41) is 11.2. The highest BCUT2D eigenvalue weighted by Crippen LogP contribution is 2.27. The molecule has 2 aromatic heterocycles. The lowest BCUT2D eigenvalue weighted by molar-refractivity contribution is 0.0527. The number of aromatic nitrogens is 4. The van der Waals surface area contributed by atoms with Gasteiger partial charge in [-0.2, -0.15) is 10.2 Å². The molecule has 0 aliphatic rings. The summed E-state index contributed by atoms with van der Waals surface area (Å²) in [6, 6.07) is 6.78. The first kappa shape index (κ1) is 20.9. The Bertz CT molecular complexity index is 1050. The van der Waals surface area contributed by atoms with Crippen molar-refractivity contribution in [2.24, 2.45) is 7.05 Å². The van der Waals surface area contributed by atoms with Crippen LogP contribution in [0.4, 0.5) is 5.82 Å². The van der Waals surface area contributed by atoms with Gasteiger partial charge in [0.2, 0.25) is 0 Å². The fourth-order valence-corrected chi connectivity index (χ4v) is 3.13. The Labute approximate surface area is 179 Å². The molecule has 11 heteroatoms. The van der Waals surface area contributed by atoms with Gasteiger partial charge >= 0.3 is 5.97 Å². The van der Waals surface area contributed by atoms with Crippen LogP contribution in [0.15, 0.2) is 41.1 Å². The molecule has 152 valence electrons. The Morgan fingerprint density at radius 1 is 1.31 bits per heavy atom. The molecule has 0 saturated carbocycles. The summed E-state index contributed by atoms with van der Waals surface area (Å²) in [5.74, 6) is -0.355. The lowest BCUT2D eigenvalue weighted by atomic mass is 10.3. The maximum absolute atomic E-state index is 12.5. The number of esters is 1. The predicted molar refractivity (Wildman–Crippen MR) is 109 cm³/mol. The number of rotatable bonds is 7. The third-order valence-electron chi connectivity index (χ3n) is 3.79. The largest absolute Gasteiger partial charge is 0.470 e. The van der Waals surface area contributed by atoms with E-state index in [1.165, 1.54) is 21.6 Å². The van der Waals surface area contributed by atoms with Gasteiger partial charge in [-0.05, 0) is 31.2 Å². The van der Waals surface area contributed by atoms with Crippen LogP contribution in [0, 0.1) is 0 Å². The number of halogens is 2. The number of nitrogens with zero attached hydrogens (tertiary/aromatic N) is 4. The molecular formula is C18H17BrClN5O4. The molecule has 0 fully saturated rings. The summed E-state index contributed by atoms with van der Waals surface area (Å²) in [5.41, 5.74) is 0.307. The van der Waals surface area contributed by atoms with E-state index in [0.29, 0.717) is 10.8 Å². The molecule has 1 amide bonds. The standard InChI is InChI=1S/C18H17BrClN5O4/c1-3-28-18(27)12-9-21-24(2)16(12)22-17(26)14-6-7-25(23-14)10-29-15-5-4-11(19)8-13(15)20/h4-9H,3,10H2,1-2H3,(H,22,26). The van der Waals surface area contributed by atoms with Gasteiger partial charge in [-0.25, -0.2) is 9.48 Å². The third-order valence-corrected chi connectivity index (χ3v) is 4.57. The molecule has 1 aromatic carbocycles. The van der Waals surface area contributed by atoms with Crippen molar-refractivity contribution in [3.8, 4) is 5.75 Å². The van der Waals surface area contributed by atoms with E-state index in [0.717, 1.165) is 4.47 Å². The molecule has 0 radical (unpaired) electrons. The third kappa shape index (κ3) is 4.96. The van der Waals surface area contributed by atoms with Crippen molar-refractivity contribution in [1.29, 1.82) is 0 Å². The fourth-order valence-electron chi connectivity index (χ4n) is 2.40. The highest BCUT2D eigenvalue weighted by molar-refractivity contribution is 9.10. The Hall–Kier alpha value is -2.85. The first-order valence-corrected chi connectivity index (χ1v) is 9.68. The number of hydrogen-bond donors (Lipinski definition) is 1. The van der Waals surface area contributed by atoms with Gasteiger partial charge in [-0.3, -0.25) is 9.48 Å². The van der Waals surface area contributed by atoms with E-state index >= 15 is 0 Å². The average Bonchev–Trinajstić information content (AvgIpc) is 3.29. The van der Waals surface area contributed by atoms with E-state index in [-0.39, 0.29) is 30.4 Å². The molecule has 3 aromatic rings. The van der Waals surface area contributed by atoms with E-state index in [1.54, 1.807) is 38.4 Å². The number of carbonyl (C=O) groups is 2. The molecule has 0 atom stereocenters. The van der Waals surface area contributed by atoms with Gasteiger partial charge in [-0.1, -0.05) is 27.5 Å². The summed E-state index contributed by atoms with van der Waals surface area (Å²) < 4.78 is 14.2. The zero-order valence-corrected chi connectivity index (χ0v) is 17.9. The minimum Gasteiger partial charge on any atom is -0.470 e. The molecule has 1 N–H and O–H groups in total. The van der Waals surface area contributed by atoms with Gasteiger partial charge in [-0.15, -0.1) is 0 Å². The molecule has 3 rings (SSSR count). The summed E-state index contributed by atoms with van der Waals surface area (Å²) in [6.07, 6.45) is 2.93. The van der Waals surface area contributed by atoms with Crippen LogP contribution < -0.4 is 10.1 Å². The first-order valence-electron chi connectivity index (χ1n) is 8.50. The SMILES string of the molecule is CCOC(=O)c1cnn(C)c1NC(=O)c1ccn(COc2ccc(Br)cc2Cl)n1. The monoisotopic (exact) mass is 481 g/mol. The highest BCUT2D eigenvalue weighted by Gasteiger charge is 2.20. The lowest BCUT2D eigenvalue weighted by Gasteiger charge is -2.08. The topological polar surface area (TPSA) is 100 Å². The van der Waals surface area contributed by atoms with Crippen LogP contribution in [0.5, 0.6) is 5.75 Å². The quantitative estimate of drug-likeness (QED) is 0.517. The van der Waals surface area contributed by atoms with Crippen molar-refractivity contribution in [3.63, 3.8) is 0 Å². The van der Waals surface area contributed by atoms with Crippen LogP contribution >= 0.6 is 27.5 Å². The highest BCUT2D eigenvalue weighted by atomic mass is 79.9. The Morgan fingerprint density at radius 2 is 2.10 bits per heavy atom. The van der Waals surface area contributed by atoms with Gasteiger partial charge in [0, 0.05) is 17.7 Å². The van der Waals surface area contributed by atoms with Gasteiger partial charge < -0.3 is 14.8 Å². The Balaban J connectivity index is 1.67. The average molecular weight is 483 g/mol. The summed E-state index contributed by atoms with van der Waals surface area (Å²) in [4.78, 5) is 24.5. The number of carbonyl (C=O) groups excluding carboxylic acids is 2. The second kappa shape index (κ2) is 9.10. The van der Waals surface area contributed by atoms with Crippen LogP contribution in [0.2, 0.25) is 5.02 Å². The van der Waals surface area contributed by atoms with Crippen molar-refractivity contribution in [2.75, 3.05) is 11.9 Å². The van der Waals surface area contributed by atoms with E-state index < -0.39 is 11.9 Å².